The molecule has 142 valence electrons. The van der Waals surface area contributed by atoms with Crippen LogP contribution in [0.25, 0.3) is 0 Å². The summed E-state index contributed by atoms with van der Waals surface area (Å²) >= 11 is 0.789. The Morgan fingerprint density at radius 2 is 1.85 bits per heavy atom. The van der Waals surface area contributed by atoms with Crippen molar-refractivity contribution in [3.8, 4) is 11.5 Å². The molecule has 9 heteroatoms. The van der Waals surface area contributed by atoms with Gasteiger partial charge in [-0.3, -0.25) is 9.59 Å². The molecular weight excluding hydrogens is 380 g/mol. The zero-order valence-corrected chi connectivity index (χ0v) is 14.8. The van der Waals surface area contributed by atoms with E-state index in [4.69, 9.17) is 14.2 Å². The Balaban J connectivity index is 1.44. The van der Waals surface area contributed by atoms with Crippen molar-refractivity contribution in [3.05, 3.63) is 48.0 Å². The van der Waals surface area contributed by atoms with Gasteiger partial charge in [0.15, 0.2) is 18.1 Å². The number of rotatable bonds is 6. The SMILES string of the molecule is O=C(COC(=O)CSc1cc(F)ccc1F)Nc1ccc2c(c1)OCCO2. The molecule has 0 saturated heterocycles. The molecule has 1 N–H and O–H groups in total. The molecule has 0 radical (unpaired) electrons. The van der Waals surface area contributed by atoms with Crippen molar-refractivity contribution in [2.24, 2.45) is 0 Å². The highest BCUT2D eigenvalue weighted by molar-refractivity contribution is 8.00. The van der Waals surface area contributed by atoms with E-state index >= 15 is 0 Å². The number of hydrogen-bond donors (Lipinski definition) is 1. The molecule has 3 rings (SSSR count). The van der Waals surface area contributed by atoms with Gasteiger partial charge >= 0.3 is 5.97 Å². The van der Waals surface area contributed by atoms with Gasteiger partial charge in [0.25, 0.3) is 5.91 Å². The minimum atomic E-state index is -0.721. The fourth-order valence-electron chi connectivity index (χ4n) is 2.23. The number of esters is 1. The molecule has 27 heavy (non-hydrogen) atoms. The summed E-state index contributed by atoms with van der Waals surface area (Å²) in [6, 6.07) is 7.86. The number of thioether (sulfide) groups is 1. The number of hydrogen-bond acceptors (Lipinski definition) is 6. The van der Waals surface area contributed by atoms with Crippen molar-refractivity contribution < 1.29 is 32.6 Å². The summed E-state index contributed by atoms with van der Waals surface area (Å²) in [5.74, 6) is -1.64. The number of ether oxygens (including phenoxy) is 3. The lowest BCUT2D eigenvalue weighted by molar-refractivity contribution is -0.144. The molecule has 2 aromatic rings. The van der Waals surface area contributed by atoms with Gasteiger partial charge in [-0.2, -0.15) is 0 Å². The summed E-state index contributed by atoms with van der Waals surface area (Å²) in [7, 11) is 0. The number of anilines is 1. The fraction of sp³-hybridized carbons (Fsp3) is 0.222. The summed E-state index contributed by atoms with van der Waals surface area (Å²) in [6.07, 6.45) is 0. The van der Waals surface area contributed by atoms with E-state index in [0.717, 1.165) is 30.0 Å². The second-order valence-electron chi connectivity index (χ2n) is 5.43. The molecule has 0 unspecified atom stereocenters. The molecule has 0 bridgehead atoms. The molecule has 0 spiro atoms. The summed E-state index contributed by atoms with van der Waals surface area (Å²) < 4.78 is 42.2. The first-order chi connectivity index (χ1) is 13.0. The minimum Gasteiger partial charge on any atom is -0.486 e. The van der Waals surface area contributed by atoms with Crippen LogP contribution in [-0.2, 0) is 14.3 Å². The van der Waals surface area contributed by atoms with E-state index in [-0.39, 0.29) is 10.6 Å². The van der Waals surface area contributed by atoms with Crippen LogP contribution in [0.1, 0.15) is 0 Å². The van der Waals surface area contributed by atoms with Gasteiger partial charge in [-0.1, -0.05) is 0 Å². The number of carbonyl (C=O) groups excluding carboxylic acids is 2. The molecule has 0 atom stereocenters. The summed E-state index contributed by atoms with van der Waals surface area (Å²) in [5, 5.41) is 2.57. The van der Waals surface area contributed by atoms with Crippen LogP contribution in [-0.4, -0.2) is 37.4 Å². The first-order valence-electron chi connectivity index (χ1n) is 7.94. The summed E-state index contributed by atoms with van der Waals surface area (Å²) in [5.41, 5.74) is 0.469. The van der Waals surface area contributed by atoms with Crippen LogP contribution in [0.2, 0.25) is 0 Å². The number of nitrogens with one attached hydrogen (secondary N) is 1. The Hall–Kier alpha value is -2.81. The van der Waals surface area contributed by atoms with E-state index in [0.29, 0.717) is 30.4 Å². The van der Waals surface area contributed by atoms with Crippen LogP contribution in [0.3, 0.4) is 0 Å². The smallest absolute Gasteiger partial charge is 0.316 e. The molecule has 1 heterocycles. The maximum absolute atomic E-state index is 13.5. The Morgan fingerprint density at radius 1 is 1.07 bits per heavy atom. The van der Waals surface area contributed by atoms with E-state index in [1.807, 2.05) is 0 Å². The Morgan fingerprint density at radius 3 is 2.67 bits per heavy atom. The average molecular weight is 395 g/mol. The molecule has 1 aliphatic rings. The zero-order chi connectivity index (χ0) is 19.2. The third kappa shape index (κ3) is 5.33. The van der Waals surface area contributed by atoms with Crippen LogP contribution >= 0.6 is 11.8 Å². The van der Waals surface area contributed by atoms with Crippen molar-refractivity contribution in [2.45, 2.75) is 4.90 Å². The number of amides is 1. The lowest BCUT2D eigenvalue weighted by Gasteiger charge is -2.19. The van der Waals surface area contributed by atoms with Gasteiger partial charge < -0.3 is 19.5 Å². The van der Waals surface area contributed by atoms with Crippen LogP contribution < -0.4 is 14.8 Å². The molecular formula is C18H15F2NO5S. The molecule has 6 nitrogen and oxygen atoms in total. The third-order valence-corrected chi connectivity index (χ3v) is 4.43. The minimum absolute atomic E-state index is 0.00678. The number of fused-ring (bicyclic) bond motifs is 1. The number of halogens is 2. The van der Waals surface area contributed by atoms with Gasteiger partial charge in [0.05, 0.1) is 5.75 Å². The lowest BCUT2D eigenvalue weighted by atomic mass is 10.2. The second-order valence-corrected chi connectivity index (χ2v) is 6.45. The molecule has 2 aromatic carbocycles. The monoisotopic (exact) mass is 395 g/mol. The standard InChI is InChI=1S/C18H15F2NO5S/c19-11-1-3-13(20)16(7-11)27-10-18(23)26-9-17(22)21-12-2-4-14-15(8-12)25-6-5-24-14/h1-4,7-8H,5-6,9-10H2,(H,21,22). The average Bonchev–Trinajstić information content (AvgIpc) is 2.67. The second kappa shape index (κ2) is 8.72. The lowest BCUT2D eigenvalue weighted by Crippen LogP contribution is -2.22. The van der Waals surface area contributed by atoms with Crippen LogP contribution in [0, 0.1) is 11.6 Å². The van der Waals surface area contributed by atoms with Gasteiger partial charge in [0, 0.05) is 16.6 Å². The van der Waals surface area contributed by atoms with Crippen molar-refractivity contribution in [2.75, 3.05) is 30.9 Å². The molecule has 1 amide bonds. The highest BCUT2D eigenvalue weighted by Gasteiger charge is 2.14. The van der Waals surface area contributed by atoms with E-state index in [1.54, 1.807) is 18.2 Å². The van der Waals surface area contributed by atoms with Crippen molar-refractivity contribution >= 4 is 29.3 Å². The highest BCUT2D eigenvalue weighted by atomic mass is 32.2. The van der Waals surface area contributed by atoms with Crippen LogP contribution in [0.15, 0.2) is 41.3 Å². The topological polar surface area (TPSA) is 73.9 Å². The predicted molar refractivity (Wildman–Crippen MR) is 94.1 cm³/mol. The van der Waals surface area contributed by atoms with Crippen LogP contribution in [0.5, 0.6) is 11.5 Å². The summed E-state index contributed by atoms with van der Waals surface area (Å²) in [6.45, 7) is 0.386. The van der Waals surface area contributed by atoms with Gasteiger partial charge in [-0.25, -0.2) is 8.78 Å². The molecule has 1 aliphatic heterocycles. The normalized spacial score (nSPS) is 12.4. The van der Waals surface area contributed by atoms with Gasteiger partial charge in [0.2, 0.25) is 0 Å². The number of benzene rings is 2. The van der Waals surface area contributed by atoms with Crippen molar-refractivity contribution in [1.29, 1.82) is 0 Å². The number of carbonyl (C=O) groups is 2. The first kappa shape index (κ1) is 19.0. The van der Waals surface area contributed by atoms with Gasteiger partial charge in [-0.15, -0.1) is 11.8 Å². The summed E-state index contributed by atoms with van der Waals surface area (Å²) in [4.78, 5) is 23.6. The van der Waals surface area contributed by atoms with Gasteiger partial charge in [0.1, 0.15) is 24.8 Å². The van der Waals surface area contributed by atoms with Crippen molar-refractivity contribution in [1.82, 2.24) is 0 Å². The van der Waals surface area contributed by atoms with Gasteiger partial charge in [-0.05, 0) is 30.3 Å². The molecule has 0 fully saturated rings. The van der Waals surface area contributed by atoms with E-state index in [1.165, 1.54) is 0 Å². The van der Waals surface area contributed by atoms with E-state index in [2.05, 4.69) is 5.32 Å². The van der Waals surface area contributed by atoms with Crippen LogP contribution in [0.4, 0.5) is 14.5 Å². The van der Waals surface area contributed by atoms with Crippen molar-refractivity contribution in [3.63, 3.8) is 0 Å². The Bertz CT molecular complexity index is 862. The molecule has 0 aliphatic carbocycles. The quantitative estimate of drug-likeness (QED) is 0.599. The zero-order valence-electron chi connectivity index (χ0n) is 14.0. The fourth-order valence-corrected chi connectivity index (χ4v) is 2.99. The third-order valence-electron chi connectivity index (χ3n) is 3.43. The highest BCUT2D eigenvalue weighted by Crippen LogP contribution is 2.32. The largest absolute Gasteiger partial charge is 0.486 e. The Kier molecular flexibility index (Phi) is 6.12. The maximum atomic E-state index is 13.5. The predicted octanol–water partition coefficient (Wildman–Crippen LogP) is 3.01. The Labute approximate surface area is 157 Å². The van der Waals surface area contributed by atoms with E-state index < -0.39 is 30.1 Å². The van der Waals surface area contributed by atoms with E-state index in [9.17, 15) is 18.4 Å². The maximum Gasteiger partial charge on any atom is 0.316 e. The molecule has 0 saturated carbocycles. The molecule has 0 aromatic heterocycles. The first-order valence-corrected chi connectivity index (χ1v) is 8.93.